The number of amides is 1. The van der Waals surface area contributed by atoms with E-state index in [9.17, 15) is 9.18 Å². The summed E-state index contributed by atoms with van der Waals surface area (Å²) in [6, 6.07) is 6.14. The van der Waals surface area contributed by atoms with Gasteiger partial charge in [-0.1, -0.05) is 12.1 Å². The van der Waals surface area contributed by atoms with Gasteiger partial charge < -0.3 is 14.8 Å². The molecule has 18 heavy (non-hydrogen) atoms. The summed E-state index contributed by atoms with van der Waals surface area (Å²) in [5, 5.41) is 10.7. The summed E-state index contributed by atoms with van der Waals surface area (Å²) in [6.45, 7) is 0. The van der Waals surface area contributed by atoms with E-state index in [1.54, 1.807) is 12.1 Å². The molecule has 1 aromatic carbocycles. The molecule has 0 aromatic heterocycles. The van der Waals surface area contributed by atoms with Crippen LogP contribution < -0.4 is 5.32 Å². The third kappa shape index (κ3) is 3.26. The summed E-state index contributed by atoms with van der Waals surface area (Å²) < 4.78 is 23.9. The van der Waals surface area contributed by atoms with Crippen LogP contribution in [0, 0.1) is 17.1 Å². The average Bonchev–Trinajstić information content (AvgIpc) is 2.35. The Morgan fingerprint density at radius 3 is 2.72 bits per heavy atom. The van der Waals surface area contributed by atoms with Gasteiger partial charge in [-0.15, -0.1) is 0 Å². The van der Waals surface area contributed by atoms with E-state index in [0.717, 1.165) is 0 Å². The molecule has 0 fully saturated rings. The van der Waals surface area contributed by atoms with E-state index in [-0.39, 0.29) is 17.7 Å². The van der Waals surface area contributed by atoms with Crippen LogP contribution in [-0.2, 0) is 14.3 Å². The van der Waals surface area contributed by atoms with Gasteiger partial charge >= 0.3 is 0 Å². The van der Waals surface area contributed by atoms with Crippen LogP contribution in [0.3, 0.4) is 0 Å². The van der Waals surface area contributed by atoms with E-state index in [2.05, 4.69) is 5.32 Å². The molecule has 0 aliphatic heterocycles. The van der Waals surface area contributed by atoms with Crippen LogP contribution in [0.25, 0.3) is 0 Å². The minimum atomic E-state index is -0.849. The fourth-order valence-electron chi connectivity index (χ4n) is 1.44. The standard InChI is InChI=1S/C12H13FN2O3/c1-17-12(18-2)8-4-3-5-9(11(8)13)15-10(16)6-7-14/h3-5,12H,6H2,1-2H3,(H,15,16). The van der Waals surface area contributed by atoms with Gasteiger partial charge in [0.1, 0.15) is 6.42 Å². The molecule has 0 saturated heterocycles. The lowest BCUT2D eigenvalue weighted by Crippen LogP contribution is -2.14. The molecule has 0 saturated carbocycles. The average molecular weight is 252 g/mol. The SMILES string of the molecule is COC(OC)c1cccc(NC(=O)CC#N)c1F. The van der Waals surface area contributed by atoms with Gasteiger partial charge in [-0.2, -0.15) is 5.26 Å². The van der Waals surface area contributed by atoms with Gasteiger partial charge in [-0.25, -0.2) is 4.39 Å². The Hall–Kier alpha value is -1.97. The predicted octanol–water partition coefficient (Wildman–Crippen LogP) is 1.97. The third-order valence-corrected chi connectivity index (χ3v) is 2.22. The Morgan fingerprint density at radius 2 is 2.17 bits per heavy atom. The van der Waals surface area contributed by atoms with Crippen LogP contribution >= 0.6 is 0 Å². The van der Waals surface area contributed by atoms with Gasteiger partial charge in [0, 0.05) is 19.8 Å². The number of benzene rings is 1. The highest BCUT2D eigenvalue weighted by Gasteiger charge is 2.17. The van der Waals surface area contributed by atoms with Gasteiger partial charge in [-0.3, -0.25) is 4.79 Å². The summed E-state index contributed by atoms with van der Waals surface area (Å²) in [5.74, 6) is -1.21. The van der Waals surface area contributed by atoms with E-state index in [1.807, 2.05) is 0 Å². The molecule has 6 heteroatoms. The third-order valence-electron chi connectivity index (χ3n) is 2.22. The van der Waals surface area contributed by atoms with Gasteiger partial charge in [0.15, 0.2) is 12.1 Å². The lowest BCUT2D eigenvalue weighted by atomic mass is 10.1. The first-order chi connectivity index (χ1) is 8.63. The number of nitriles is 1. The highest BCUT2D eigenvalue weighted by atomic mass is 19.1. The van der Waals surface area contributed by atoms with Crippen LogP contribution in [0.2, 0.25) is 0 Å². The maximum absolute atomic E-state index is 14.0. The van der Waals surface area contributed by atoms with Crippen molar-refractivity contribution in [3.05, 3.63) is 29.6 Å². The summed E-state index contributed by atoms with van der Waals surface area (Å²) in [5.41, 5.74) is 0.168. The highest BCUT2D eigenvalue weighted by Crippen LogP contribution is 2.25. The summed E-state index contributed by atoms with van der Waals surface area (Å²) in [6.07, 6.45) is -1.18. The Labute approximate surface area is 104 Å². The van der Waals surface area contributed by atoms with Crippen molar-refractivity contribution in [3.8, 4) is 6.07 Å². The van der Waals surface area contributed by atoms with Crippen molar-refractivity contribution in [1.29, 1.82) is 5.26 Å². The number of carbonyl (C=O) groups is 1. The number of nitrogens with one attached hydrogen (secondary N) is 1. The second-order valence-corrected chi connectivity index (χ2v) is 3.40. The van der Waals surface area contributed by atoms with Crippen molar-refractivity contribution >= 4 is 11.6 Å². The predicted molar refractivity (Wildman–Crippen MR) is 62.0 cm³/mol. The van der Waals surface area contributed by atoms with Crippen molar-refractivity contribution in [1.82, 2.24) is 0 Å². The van der Waals surface area contributed by atoms with Crippen LogP contribution in [0.1, 0.15) is 18.3 Å². The summed E-state index contributed by atoms with van der Waals surface area (Å²) in [7, 11) is 2.77. The quantitative estimate of drug-likeness (QED) is 0.813. The fraction of sp³-hybridized carbons (Fsp3) is 0.333. The number of anilines is 1. The number of ether oxygens (including phenoxy) is 2. The molecule has 1 rings (SSSR count). The maximum Gasteiger partial charge on any atom is 0.238 e. The fourth-order valence-corrected chi connectivity index (χ4v) is 1.44. The largest absolute Gasteiger partial charge is 0.352 e. The maximum atomic E-state index is 14.0. The van der Waals surface area contributed by atoms with Crippen LogP contribution in [0.5, 0.6) is 0 Å². The topological polar surface area (TPSA) is 71.3 Å². The molecule has 0 bridgehead atoms. The molecule has 0 atom stereocenters. The number of hydrogen-bond donors (Lipinski definition) is 1. The first-order valence-corrected chi connectivity index (χ1v) is 5.14. The molecule has 5 nitrogen and oxygen atoms in total. The van der Waals surface area contributed by atoms with Crippen molar-refractivity contribution in [2.45, 2.75) is 12.7 Å². The molecule has 0 unspecified atom stereocenters. The number of hydrogen-bond acceptors (Lipinski definition) is 4. The second kappa shape index (κ2) is 6.69. The van der Waals surface area contributed by atoms with E-state index in [4.69, 9.17) is 14.7 Å². The van der Waals surface area contributed by atoms with E-state index >= 15 is 0 Å². The zero-order valence-electron chi connectivity index (χ0n) is 10.1. The number of rotatable bonds is 5. The zero-order valence-corrected chi connectivity index (χ0v) is 10.1. The molecule has 0 heterocycles. The van der Waals surface area contributed by atoms with Crippen molar-refractivity contribution in [3.63, 3.8) is 0 Å². The monoisotopic (exact) mass is 252 g/mol. The van der Waals surface area contributed by atoms with Crippen molar-refractivity contribution in [2.24, 2.45) is 0 Å². The molecule has 1 aromatic rings. The minimum Gasteiger partial charge on any atom is -0.352 e. The zero-order chi connectivity index (χ0) is 13.5. The van der Waals surface area contributed by atoms with Gasteiger partial charge in [0.2, 0.25) is 5.91 Å². The van der Waals surface area contributed by atoms with Gasteiger partial charge in [0.05, 0.1) is 11.8 Å². The smallest absolute Gasteiger partial charge is 0.238 e. The second-order valence-electron chi connectivity index (χ2n) is 3.40. The lowest BCUT2D eigenvalue weighted by molar-refractivity contribution is -0.115. The first-order valence-electron chi connectivity index (χ1n) is 5.14. The molecule has 0 radical (unpaired) electrons. The number of nitrogens with zero attached hydrogens (tertiary/aromatic N) is 1. The van der Waals surface area contributed by atoms with Crippen LogP contribution in [0.4, 0.5) is 10.1 Å². The number of carbonyl (C=O) groups excluding carboxylic acids is 1. The van der Waals surface area contributed by atoms with Crippen molar-refractivity contribution < 1.29 is 18.7 Å². The van der Waals surface area contributed by atoms with E-state index in [0.29, 0.717) is 0 Å². The lowest BCUT2D eigenvalue weighted by Gasteiger charge is -2.16. The van der Waals surface area contributed by atoms with Crippen molar-refractivity contribution in [2.75, 3.05) is 19.5 Å². The normalized spacial score (nSPS) is 10.2. The van der Waals surface area contributed by atoms with Crippen LogP contribution in [-0.4, -0.2) is 20.1 Å². The van der Waals surface area contributed by atoms with Gasteiger partial charge in [-0.05, 0) is 6.07 Å². The number of halogens is 1. The summed E-state index contributed by atoms with van der Waals surface area (Å²) in [4.78, 5) is 11.2. The van der Waals surface area contributed by atoms with Gasteiger partial charge in [0.25, 0.3) is 0 Å². The Morgan fingerprint density at radius 1 is 1.50 bits per heavy atom. The molecular weight excluding hydrogens is 239 g/mol. The first kappa shape index (κ1) is 14.1. The molecule has 0 spiro atoms. The summed E-state index contributed by atoms with van der Waals surface area (Å²) >= 11 is 0. The Kier molecular flexibility index (Phi) is 5.24. The number of methoxy groups -OCH3 is 2. The molecular formula is C12H13FN2O3. The molecule has 0 aliphatic rings. The van der Waals surface area contributed by atoms with Crippen LogP contribution in [0.15, 0.2) is 18.2 Å². The highest BCUT2D eigenvalue weighted by molar-refractivity contribution is 5.92. The molecule has 96 valence electrons. The van der Waals surface area contributed by atoms with E-state index in [1.165, 1.54) is 26.4 Å². The molecule has 1 amide bonds. The Bertz CT molecular complexity index is 467. The molecule has 1 N–H and O–H groups in total. The minimum absolute atomic E-state index is 0.00755. The Balaban J connectivity index is 2.98. The van der Waals surface area contributed by atoms with E-state index < -0.39 is 18.0 Å². The molecule has 0 aliphatic carbocycles.